The van der Waals surface area contributed by atoms with Gasteiger partial charge in [-0.1, -0.05) is 44.0 Å². The maximum atomic E-state index is 13.3. The quantitative estimate of drug-likeness (QED) is 0.649. The number of hydrogen-bond donors (Lipinski definition) is 1. The number of rotatable bonds is 9. The van der Waals surface area contributed by atoms with Crippen molar-refractivity contribution in [1.29, 1.82) is 0 Å². The average molecular weight is 407 g/mol. The first kappa shape index (κ1) is 21.0. The van der Waals surface area contributed by atoms with Gasteiger partial charge in [-0.05, 0) is 18.6 Å². The lowest BCUT2D eigenvalue weighted by molar-refractivity contribution is 0.151. The molecule has 1 saturated heterocycles. The molecule has 28 heavy (non-hydrogen) atoms. The lowest BCUT2D eigenvalue weighted by Crippen LogP contribution is -2.49. The topological polar surface area (TPSA) is 70.1 Å². The molecule has 1 aliphatic heterocycles. The van der Waals surface area contributed by atoms with E-state index in [1.54, 1.807) is 16.4 Å². The number of aliphatic hydroxyl groups is 1. The second-order valence-corrected chi connectivity index (χ2v) is 9.04. The van der Waals surface area contributed by atoms with E-state index in [9.17, 15) is 8.42 Å². The molecule has 2 aromatic carbocycles. The summed E-state index contributed by atoms with van der Waals surface area (Å²) in [6.45, 7) is 5.61. The molecule has 1 fully saturated rings. The summed E-state index contributed by atoms with van der Waals surface area (Å²) in [7, 11) is -3.58. The molecule has 0 amide bonds. The fourth-order valence-corrected chi connectivity index (χ4v) is 5.22. The van der Waals surface area contributed by atoms with Gasteiger partial charge in [0.1, 0.15) is 5.75 Å². The molecular weight excluding hydrogens is 376 g/mol. The Bertz CT molecular complexity index is 877. The number of ether oxygens (including phenoxy) is 1. The molecule has 0 aliphatic carbocycles. The molecule has 0 radical (unpaired) electrons. The summed E-state index contributed by atoms with van der Waals surface area (Å²) in [5, 5.41) is 10.6. The maximum absolute atomic E-state index is 13.3. The Morgan fingerprint density at radius 2 is 1.71 bits per heavy atom. The third kappa shape index (κ3) is 4.66. The first-order valence-electron chi connectivity index (χ1n) is 10.1. The maximum Gasteiger partial charge on any atom is 0.243 e. The van der Waals surface area contributed by atoms with Crippen molar-refractivity contribution in [2.24, 2.45) is 0 Å². The van der Waals surface area contributed by atoms with E-state index < -0.39 is 10.0 Å². The largest absolute Gasteiger partial charge is 0.493 e. The fourth-order valence-electron chi connectivity index (χ4n) is 3.60. The molecule has 6 nitrogen and oxygen atoms in total. The van der Waals surface area contributed by atoms with Gasteiger partial charge in [-0.25, -0.2) is 8.42 Å². The van der Waals surface area contributed by atoms with E-state index >= 15 is 0 Å². The molecule has 1 N–H and O–H groups in total. The Kier molecular flexibility index (Phi) is 7.29. The first-order valence-corrected chi connectivity index (χ1v) is 11.5. The van der Waals surface area contributed by atoms with Gasteiger partial charge >= 0.3 is 0 Å². The van der Waals surface area contributed by atoms with Gasteiger partial charge in [0.2, 0.25) is 10.0 Å². The molecule has 1 aliphatic rings. The van der Waals surface area contributed by atoms with Crippen LogP contribution in [-0.2, 0) is 10.0 Å². The average Bonchev–Trinajstić information content (AvgIpc) is 2.71. The summed E-state index contributed by atoms with van der Waals surface area (Å²) in [5.74, 6) is 0.735. The predicted octanol–water partition coefficient (Wildman–Crippen LogP) is 2.71. The highest BCUT2D eigenvalue weighted by atomic mass is 32.2. The lowest BCUT2D eigenvalue weighted by Gasteiger charge is -2.33. The Hall–Kier alpha value is -1.67. The number of fused-ring (bicyclic) bond motifs is 1. The molecule has 2 aromatic rings. The number of hydrogen-bond acceptors (Lipinski definition) is 5. The highest BCUT2D eigenvalue weighted by Crippen LogP contribution is 2.33. The summed E-state index contributed by atoms with van der Waals surface area (Å²) in [5.41, 5.74) is 0. The van der Waals surface area contributed by atoms with Crippen molar-refractivity contribution >= 4 is 20.8 Å². The molecule has 0 atom stereocenters. The van der Waals surface area contributed by atoms with E-state index in [4.69, 9.17) is 9.84 Å². The molecule has 0 saturated carbocycles. The first-order chi connectivity index (χ1) is 13.6. The molecule has 0 spiro atoms. The van der Waals surface area contributed by atoms with Gasteiger partial charge in [-0.15, -0.1) is 0 Å². The monoisotopic (exact) mass is 406 g/mol. The Morgan fingerprint density at radius 3 is 2.39 bits per heavy atom. The van der Waals surface area contributed by atoms with Crippen LogP contribution >= 0.6 is 0 Å². The number of benzene rings is 2. The van der Waals surface area contributed by atoms with Crippen LogP contribution in [0.3, 0.4) is 0 Å². The minimum atomic E-state index is -3.58. The van der Waals surface area contributed by atoms with Gasteiger partial charge in [0, 0.05) is 43.5 Å². The molecule has 0 unspecified atom stereocenters. The van der Waals surface area contributed by atoms with Crippen LogP contribution in [0, 0.1) is 0 Å². The number of unbranched alkanes of at least 4 members (excludes halogenated alkanes) is 2. The normalized spacial score (nSPS) is 16.5. The van der Waals surface area contributed by atoms with E-state index in [1.807, 2.05) is 24.3 Å². The van der Waals surface area contributed by atoms with Crippen LogP contribution in [0.1, 0.15) is 26.2 Å². The molecule has 0 bridgehead atoms. The molecule has 3 rings (SSSR count). The highest BCUT2D eigenvalue weighted by Gasteiger charge is 2.30. The van der Waals surface area contributed by atoms with E-state index in [2.05, 4.69) is 11.8 Å². The number of sulfonamides is 1. The van der Waals surface area contributed by atoms with Crippen LogP contribution in [0.5, 0.6) is 5.75 Å². The number of β-amino-alcohol motifs (C(OH)–C–C–N with tert-alkyl or cyclic N) is 1. The van der Waals surface area contributed by atoms with E-state index in [-0.39, 0.29) is 6.61 Å². The van der Waals surface area contributed by atoms with Crippen molar-refractivity contribution in [2.75, 3.05) is 45.9 Å². The number of nitrogens with zero attached hydrogens (tertiary/aromatic N) is 2. The van der Waals surface area contributed by atoms with Gasteiger partial charge in [0.25, 0.3) is 0 Å². The van der Waals surface area contributed by atoms with Crippen molar-refractivity contribution in [3.63, 3.8) is 0 Å². The smallest absolute Gasteiger partial charge is 0.243 e. The molecule has 154 valence electrons. The van der Waals surface area contributed by atoms with E-state index in [0.29, 0.717) is 49.6 Å². The predicted molar refractivity (Wildman–Crippen MR) is 111 cm³/mol. The van der Waals surface area contributed by atoms with Crippen molar-refractivity contribution in [1.82, 2.24) is 9.21 Å². The Balaban J connectivity index is 1.85. The van der Waals surface area contributed by atoms with Gasteiger partial charge in [-0.2, -0.15) is 4.31 Å². The third-order valence-electron chi connectivity index (χ3n) is 5.21. The Labute approximate surface area is 167 Å². The summed E-state index contributed by atoms with van der Waals surface area (Å²) in [4.78, 5) is 2.41. The van der Waals surface area contributed by atoms with Gasteiger partial charge < -0.3 is 9.84 Å². The summed E-state index contributed by atoms with van der Waals surface area (Å²) in [6, 6.07) is 11.0. The van der Waals surface area contributed by atoms with Crippen LogP contribution in [0.4, 0.5) is 0 Å². The van der Waals surface area contributed by atoms with Crippen molar-refractivity contribution in [2.45, 2.75) is 31.1 Å². The lowest BCUT2D eigenvalue weighted by atomic mass is 10.1. The highest BCUT2D eigenvalue weighted by molar-refractivity contribution is 7.89. The zero-order valence-electron chi connectivity index (χ0n) is 16.5. The summed E-state index contributed by atoms with van der Waals surface area (Å²) in [6.07, 6.45) is 3.24. The van der Waals surface area contributed by atoms with Gasteiger partial charge in [0.15, 0.2) is 0 Å². The SMILES string of the molecule is CCCCCOc1ccc(S(=O)(=O)N2CCN(CCO)CC2)c2ccccc12. The third-order valence-corrected chi connectivity index (χ3v) is 7.17. The minimum absolute atomic E-state index is 0.0944. The van der Waals surface area contributed by atoms with E-state index in [0.717, 1.165) is 30.4 Å². The van der Waals surface area contributed by atoms with Crippen LogP contribution in [0.2, 0.25) is 0 Å². The molecule has 1 heterocycles. The molecule has 7 heteroatoms. The van der Waals surface area contributed by atoms with Crippen LogP contribution < -0.4 is 4.74 Å². The standard InChI is InChI=1S/C21H30N2O4S/c1-2-3-6-17-27-20-9-10-21(19-8-5-4-7-18(19)20)28(25,26)23-13-11-22(12-14-23)15-16-24/h4-5,7-10,24H,2-3,6,11-17H2,1H3. The van der Waals surface area contributed by atoms with Gasteiger partial charge in [-0.3, -0.25) is 4.90 Å². The minimum Gasteiger partial charge on any atom is -0.493 e. The number of aliphatic hydroxyl groups excluding tert-OH is 1. The van der Waals surface area contributed by atoms with Crippen molar-refractivity contribution in [3.05, 3.63) is 36.4 Å². The molecular formula is C21H30N2O4S. The second-order valence-electron chi connectivity index (χ2n) is 7.13. The van der Waals surface area contributed by atoms with E-state index in [1.165, 1.54) is 0 Å². The molecule has 0 aromatic heterocycles. The van der Waals surface area contributed by atoms with Crippen molar-refractivity contribution in [3.8, 4) is 5.75 Å². The van der Waals surface area contributed by atoms with Crippen LogP contribution in [-0.4, -0.2) is 68.7 Å². The second kappa shape index (κ2) is 9.69. The van der Waals surface area contributed by atoms with Crippen LogP contribution in [0.15, 0.2) is 41.3 Å². The summed E-state index contributed by atoms with van der Waals surface area (Å²) < 4.78 is 34.1. The van der Waals surface area contributed by atoms with Gasteiger partial charge in [0.05, 0.1) is 18.1 Å². The number of piperazine rings is 1. The Morgan fingerprint density at radius 1 is 1.00 bits per heavy atom. The fraction of sp³-hybridized carbons (Fsp3) is 0.524. The zero-order chi connectivity index (χ0) is 20.0. The summed E-state index contributed by atoms with van der Waals surface area (Å²) >= 11 is 0. The zero-order valence-corrected chi connectivity index (χ0v) is 17.3. The van der Waals surface area contributed by atoms with Crippen molar-refractivity contribution < 1.29 is 18.3 Å². The van der Waals surface area contributed by atoms with Crippen LogP contribution in [0.25, 0.3) is 10.8 Å².